The standard InChI is InChI=1S/C14H19NO3/c1-3-6-17-7-8-18-11-13-9-12(10-15)4-5-14(13)16-2/h4-5,9H,3,6-8,11H2,1-2H3. The van der Waals surface area contributed by atoms with Crippen molar-refractivity contribution in [2.45, 2.75) is 20.0 Å². The quantitative estimate of drug-likeness (QED) is 0.664. The summed E-state index contributed by atoms with van der Waals surface area (Å²) in [7, 11) is 1.61. The van der Waals surface area contributed by atoms with E-state index in [0.29, 0.717) is 25.4 Å². The van der Waals surface area contributed by atoms with Crippen molar-refractivity contribution in [2.24, 2.45) is 0 Å². The van der Waals surface area contributed by atoms with Gasteiger partial charge in [0.05, 0.1) is 38.6 Å². The third-order valence-corrected chi connectivity index (χ3v) is 2.39. The van der Waals surface area contributed by atoms with Crippen LogP contribution in [-0.2, 0) is 16.1 Å². The molecule has 0 fully saturated rings. The zero-order valence-corrected chi connectivity index (χ0v) is 10.9. The predicted octanol–water partition coefficient (Wildman–Crippen LogP) is 2.51. The second kappa shape index (κ2) is 8.51. The first kappa shape index (κ1) is 14.5. The smallest absolute Gasteiger partial charge is 0.124 e. The molecular weight excluding hydrogens is 230 g/mol. The van der Waals surface area contributed by atoms with Gasteiger partial charge in [0, 0.05) is 12.2 Å². The van der Waals surface area contributed by atoms with Crippen molar-refractivity contribution in [2.75, 3.05) is 26.9 Å². The molecule has 0 N–H and O–H groups in total. The molecule has 0 aliphatic rings. The molecule has 0 saturated heterocycles. The van der Waals surface area contributed by atoms with E-state index in [1.807, 2.05) is 0 Å². The molecule has 18 heavy (non-hydrogen) atoms. The molecule has 0 bridgehead atoms. The molecule has 1 rings (SSSR count). The highest BCUT2D eigenvalue weighted by atomic mass is 16.5. The molecular formula is C14H19NO3. The van der Waals surface area contributed by atoms with Crippen LogP contribution in [-0.4, -0.2) is 26.9 Å². The van der Waals surface area contributed by atoms with Gasteiger partial charge in [-0.1, -0.05) is 6.92 Å². The normalized spacial score (nSPS) is 10.1. The van der Waals surface area contributed by atoms with Crippen molar-refractivity contribution < 1.29 is 14.2 Å². The molecule has 0 atom stereocenters. The molecule has 0 unspecified atom stereocenters. The number of hydrogen-bond donors (Lipinski definition) is 0. The monoisotopic (exact) mass is 249 g/mol. The summed E-state index contributed by atoms with van der Waals surface area (Å²) in [6.07, 6.45) is 1.01. The summed E-state index contributed by atoms with van der Waals surface area (Å²) in [5.41, 5.74) is 1.49. The van der Waals surface area contributed by atoms with Crippen LogP contribution < -0.4 is 4.74 Å². The first-order chi connectivity index (χ1) is 8.81. The number of rotatable bonds is 8. The van der Waals surface area contributed by atoms with Gasteiger partial charge in [0.1, 0.15) is 5.75 Å². The fourth-order valence-electron chi connectivity index (χ4n) is 1.51. The van der Waals surface area contributed by atoms with Gasteiger partial charge in [-0.3, -0.25) is 0 Å². The Labute approximate surface area is 108 Å². The van der Waals surface area contributed by atoms with E-state index in [9.17, 15) is 0 Å². The molecule has 1 aromatic carbocycles. The average molecular weight is 249 g/mol. The fraction of sp³-hybridized carbons (Fsp3) is 0.500. The van der Waals surface area contributed by atoms with Gasteiger partial charge in [0.15, 0.2) is 0 Å². The van der Waals surface area contributed by atoms with Crippen molar-refractivity contribution in [1.82, 2.24) is 0 Å². The summed E-state index contributed by atoms with van der Waals surface area (Å²) >= 11 is 0. The SMILES string of the molecule is CCCOCCOCc1cc(C#N)ccc1OC. The number of nitriles is 1. The van der Waals surface area contributed by atoms with Crippen molar-refractivity contribution in [3.63, 3.8) is 0 Å². The van der Waals surface area contributed by atoms with E-state index >= 15 is 0 Å². The molecule has 0 aliphatic heterocycles. The number of benzene rings is 1. The van der Waals surface area contributed by atoms with Crippen LogP contribution in [0.1, 0.15) is 24.5 Å². The van der Waals surface area contributed by atoms with Crippen molar-refractivity contribution in [3.8, 4) is 11.8 Å². The van der Waals surface area contributed by atoms with Crippen LogP contribution in [0.5, 0.6) is 5.75 Å². The minimum absolute atomic E-state index is 0.425. The number of nitrogens with zero attached hydrogens (tertiary/aromatic N) is 1. The maximum atomic E-state index is 8.84. The van der Waals surface area contributed by atoms with Gasteiger partial charge in [0.25, 0.3) is 0 Å². The van der Waals surface area contributed by atoms with Gasteiger partial charge in [-0.05, 0) is 24.6 Å². The Bertz CT molecular complexity index is 399. The van der Waals surface area contributed by atoms with Gasteiger partial charge in [-0.25, -0.2) is 0 Å². The molecule has 0 aliphatic carbocycles. The Morgan fingerprint density at radius 3 is 2.61 bits per heavy atom. The molecule has 4 heteroatoms. The zero-order valence-electron chi connectivity index (χ0n) is 10.9. The Morgan fingerprint density at radius 2 is 1.94 bits per heavy atom. The van der Waals surface area contributed by atoms with E-state index in [2.05, 4.69) is 13.0 Å². The van der Waals surface area contributed by atoms with Crippen LogP contribution in [0.25, 0.3) is 0 Å². The highest BCUT2D eigenvalue weighted by Crippen LogP contribution is 2.20. The van der Waals surface area contributed by atoms with Crippen molar-refractivity contribution in [1.29, 1.82) is 5.26 Å². The largest absolute Gasteiger partial charge is 0.496 e. The summed E-state index contributed by atoms with van der Waals surface area (Å²) in [5, 5.41) is 8.84. The van der Waals surface area contributed by atoms with Crippen LogP contribution in [0.15, 0.2) is 18.2 Å². The lowest BCUT2D eigenvalue weighted by Crippen LogP contribution is -2.05. The first-order valence-electron chi connectivity index (χ1n) is 6.04. The average Bonchev–Trinajstić information content (AvgIpc) is 2.42. The van der Waals surface area contributed by atoms with E-state index in [-0.39, 0.29) is 0 Å². The molecule has 98 valence electrons. The highest BCUT2D eigenvalue weighted by molar-refractivity contribution is 5.41. The molecule has 0 radical (unpaired) electrons. The second-order valence-corrected chi connectivity index (χ2v) is 3.80. The van der Waals surface area contributed by atoms with Gasteiger partial charge in [-0.15, -0.1) is 0 Å². The fourth-order valence-corrected chi connectivity index (χ4v) is 1.51. The molecule has 0 spiro atoms. The van der Waals surface area contributed by atoms with E-state index < -0.39 is 0 Å². The lowest BCUT2D eigenvalue weighted by Gasteiger charge is -2.09. The van der Waals surface area contributed by atoms with Crippen LogP contribution >= 0.6 is 0 Å². The van der Waals surface area contributed by atoms with E-state index in [0.717, 1.165) is 24.3 Å². The summed E-state index contributed by atoms with van der Waals surface area (Å²) < 4.78 is 16.0. The minimum atomic E-state index is 0.425. The Balaban J connectivity index is 2.43. The predicted molar refractivity (Wildman–Crippen MR) is 68.5 cm³/mol. The maximum Gasteiger partial charge on any atom is 0.124 e. The van der Waals surface area contributed by atoms with Crippen LogP contribution in [0.4, 0.5) is 0 Å². The lowest BCUT2D eigenvalue weighted by atomic mass is 10.1. The zero-order chi connectivity index (χ0) is 13.2. The molecule has 4 nitrogen and oxygen atoms in total. The molecule has 0 aromatic heterocycles. The summed E-state index contributed by atoms with van der Waals surface area (Å²) in [6.45, 7) is 4.39. The summed E-state index contributed by atoms with van der Waals surface area (Å²) in [6, 6.07) is 7.40. The van der Waals surface area contributed by atoms with Crippen LogP contribution in [0.2, 0.25) is 0 Å². The first-order valence-corrected chi connectivity index (χ1v) is 6.04. The van der Waals surface area contributed by atoms with Gasteiger partial charge < -0.3 is 14.2 Å². The number of ether oxygens (including phenoxy) is 3. The Morgan fingerprint density at radius 1 is 1.17 bits per heavy atom. The molecule has 1 aromatic rings. The summed E-state index contributed by atoms with van der Waals surface area (Å²) in [4.78, 5) is 0. The molecule has 0 saturated carbocycles. The maximum absolute atomic E-state index is 8.84. The third kappa shape index (κ3) is 4.74. The minimum Gasteiger partial charge on any atom is -0.496 e. The highest BCUT2D eigenvalue weighted by Gasteiger charge is 2.04. The van der Waals surface area contributed by atoms with Crippen LogP contribution in [0.3, 0.4) is 0 Å². The van der Waals surface area contributed by atoms with E-state index in [4.69, 9.17) is 19.5 Å². The lowest BCUT2D eigenvalue weighted by molar-refractivity contribution is 0.0402. The van der Waals surface area contributed by atoms with Gasteiger partial charge >= 0.3 is 0 Å². The Kier molecular flexibility index (Phi) is 6.85. The summed E-state index contributed by atoms with van der Waals surface area (Å²) in [5.74, 6) is 0.739. The van der Waals surface area contributed by atoms with Crippen molar-refractivity contribution >= 4 is 0 Å². The van der Waals surface area contributed by atoms with E-state index in [1.54, 1.807) is 25.3 Å². The van der Waals surface area contributed by atoms with Crippen LogP contribution in [0, 0.1) is 11.3 Å². The van der Waals surface area contributed by atoms with Gasteiger partial charge in [-0.2, -0.15) is 5.26 Å². The molecule has 0 amide bonds. The van der Waals surface area contributed by atoms with E-state index in [1.165, 1.54) is 0 Å². The Hall–Kier alpha value is -1.57. The molecule has 0 heterocycles. The van der Waals surface area contributed by atoms with Gasteiger partial charge in [0.2, 0.25) is 0 Å². The second-order valence-electron chi connectivity index (χ2n) is 3.80. The third-order valence-electron chi connectivity index (χ3n) is 2.39. The topological polar surface area (TPSA) is 51.5 Å². The number of hydrogen-bond acceptors (Lipinski definition) is 4. The van der Waals surface area contributed by atoms with Crippen molar-refractivity contribution in [3.05, 3.63) is 29.3 Å². The number of methoxy groups -OCH3 is 1.